The van der Waals surface area contributed by atoms with Crippen LogP contribution < -0.4 is 16.0 Å². The van der Waals surface area contributed by atoms with Crippen LogP contribution in [0.1, 0.15) is 26.7 Å². The number of hydrogen-bond acceptors (Lipinski definition) is 6. The molecule has 3 N–H and O–H groups in total. The van der Waals surface area contributed by atoms with Gasteiger partial charge >= 0.3 is 5.97 Å². The first kappa shape index (κ1) is 22.5. The molecule has 1 aromatic rings. The maximum atomic E-state index is 11.8. The zero-order valence-corrected chi connectivity index (χ0v) is 16.5. The molecule has 1 aromatic carbocycles. The van der Waals surface area contributed by atoms with Crippen LogP contribution in [-0.4, -0.2) is 43.2 Å². The summed E-state index contributed by atoms with van der Waals surface area (Å²) < 4.78 is 9.63. The van der Waals surface area contributed by atoms with Crippen molar-refractivity contribution < 1.29 is 23.9 Å². The molecule has 0 aliphatic carbocycles. The third-order valence-corrected chi connectivity index (χ3v) is 3.50. The van der Waals surface area contributed by atoms with Gasteiger partial charge in [0.2, 0.25) is 11.8 Å². The van der Waals surface area contributed by atoms with Crippen molar-refractivity contribution in [2.45, 2.75) is 26.7 Å². The van der Waals surface area contributed by atoms with Crippen molar-refractivity contribution in [2.24, 2.45) is 5.92 Å². The fraction of sp³-hybridized carbons (Fsp3) is 0.444. The fourth-order valence-corrected chi connectivity index (χ4v) is 2.03. The van der Waals surface area contributed by atoms with Crippen molar-refractivity contribution in [3.05, 3.63) is 24.3 Å². The second-order valence-corrected chi connectivity index (χ2v) is 6.35. The highest BCUT2D eigenvalue weighted by Crippen LogP contribution is 2.14. The Morgan fingerprint density at radius 3 is 2.15 bits per heavy atom. The van der Waals surface area contributed by atoms with Crippen molar-refractivity contribution >= 4 is 46.5 Å². The second-order valence-electron chi connectivity index (χ2n) is 5.94. The number of nitrogens with one attached hydrogen (secondary N) is 3. The van der Waals surface area contributed by atoms with Crippen LogP contribution in [0.2, 0.25) is 0 Å². The molecule has 0 atom stereocenters. The van der Waals surface area contributed by atoms with Crippen molar-refractivity contribution in [3.8, 4) is 0 Å². The number of benzene rings is 1. The van der Waals surface area contributed by atoms with E-state index in [4.69, 9.17) is 21.7 Å². The summed E-state index contributed by atoms with van der Waals surface area (Å²) >= 11 is 5.07. The Hall–Kier alpha value is -2.52. The highest BCUT2D eigenvalue weighted by atomic mass is 32.1. The van der Waals surface area contributed by atoms with Gasteiger partial charge in [0.05, 0.1) is 13.0 Å². The maximum absolute atomic E-state index is 11.8. The second kappa shape index (κ2) is 12.0. The molecule has 0 unspecified atom stereocenters. The lowest BCUT2D eigenvalue weighted by atomic mass is 10.2. The topological polar surface area (TPSA) is 106 Å². The Bertz CT molecular complexity index is 661. The Balaban J connectivity index is 2.36. The summed E-state index contributed by atoms with van der Waals surface area (Å²) in [5.74, 6) is -1.04. The number of hydrogen-bond donors (Lipinski definition) is 3. The average molecular weight is 395 g/mol. The smallest absolute Gasteiger partial charge is 0.306 e. The fourth-order valence-electron chi connectivity index (χ4n) is 1.80. The first-order chi connectivity index (χ1) is 12.8. The number of esters is 1. The van der Waals surface area contributed by atoms with E-state index >= 15 is 0 Å². The van der Waals surface area contributed by atoms with Crippen LogP contribution in [-0.2, 0) is 23.9 Å². The van der Waals surface area contributed by atoms with Crippen molar-refractivity contribution in [2.75, 3.05) is 31.0 Å². The molecule has 0 spiro atoms. The lowest BCUT2D eigenvalue weighted by molar-refractivity contribution is -0.146. The van der Waals surface area contributed by atoms with Gasteiger partial charge < -0.3 is 25.4 Å². The molecule has 0 aromatic heterocycles. The highest BCUT2D eigenvalue weighted by molar-refractivity contribution is 7.80. The summed E-state index contributed by atoms with van der Waals surface area (Å²) in [6.07, 6.45) is -0.0732. The van der Waals surface area contributed by atoms with Gasteiger partial charge in [0.1, 0.15) is 6.61 Å². The molecule has 1 rings (SSSR count). The Morgan fingerprint density at radius 2 is 1.59 bits per heavy atom. The minimum Gasteiger partial charge on any atom is -0.463 e. The normalized spacial score (nSPS) is 10.2. The van der Waals surface area contributed by atoms with E-state index in [1.807, 2.05) is 13.8 Å². The van der Waals surface area contributed by atoms with Crippen LogP contribution in [0.5, 0.6) is 0 Å². The van der Waals surface area contributed by atoms with E-state index in [-0.39, 0.29) is 36.4 Å². The predicted molar refractivity (Wildman–Crippen MR) is 106 cm³/mol. The number of anilines is 2. The van der Waals surface area contributed by atoms with Crippen molar-refractivity contribution in [3.63, 3.8) is 0 Å². The number of thiocarbonyl (C=S) groups is 1. The molecule has 0 radical (unpaired) electrons. The van der Waals surface area contributed by atoms with E-state index in [1.165, 1.54) is 7.11 Å². The average Bonchev–Trinajstić information content (AvgIpc) is 2.61. The Morgan fingerprint density at radius 1 is 1.00 bits per heavy atom. The molecule has 27 heavy (non-hydrogen) atoms. The Kier molecular flexibility index (Phi) is 9.99. The number of methoxy groups -OCH3 is 1. The van der Waals surface area contributed by atoms with Gasteiger partial charge in [0, 0.05) is 30.8 Å². The molecule has 8 nitrogen and oxygen atoms in total. The summed E-state index contributed by atoms with van der Waals surface area (Å²) in [5.41, 5.74) is 1.32. The summed E-state index contributed by atoms with van der Waals surface area (Å²) in [5, 5.41) is 8.25. The first-order valence-corrected chi connectivity index (χ1v) is 8.89. The van der Waals surface area contributed by atoms with E-state index in [9.17, 15) is 14.4 Å². The zero-order valence-electron chi connectivity index (χ0n) is 15.7. The van der Waals surface area contributed by atoms with Crippen LogP contribution in [0.25, 0.3) is 0 Å². The largest absolute Gasteiger partial charge is 0.463 e. The third kappa shape index (κ3) is 9.66. The summed E-state index contributed by atoms with van der Waals surface area (Å²) in [6, 6.07) is 6.90. The molecule has 0 fully saturated rings. The number of carbonyl (C=O) groups excluding carboxylic acids is 3. The number of rotatable bonds is 9. The van der Waals surface area contributed by atoms with E-state index in [0.717, 1.165) is 0 Å². The van der Waals surface area contributed by atoms with Crippen LogP contribution in [0.15, 0.2) is 24.3 Å². The number of amides is 2. The lowest BCUT2D eigenvalue weighted by Gasteiger charge is -2.11. The molecule has 0 aliphatic heterocycles. The van der Waals surface area contributed by atoms with Crippen LogP contribution in [0, 0.1) is 5.92 Å². The standard InChI is InChI=1S/C18H25N3O5S/c1-12(2)17(24)19-13-4-6-14(7-5-13)20-18(27)21-15(22)8-9-16(23)26-11-10-25-3/h4-7,12H,8-11H2,1-3H3,(H,19,24)(H2,20,21,22,27). The summed E-state index contributed by atoms with van der Waals surface area (Å²) in [4.78, 5) is 34.9. The number of carbonyl (C=O) groups is 3. The van der Waals surface area contributed by atoms with Crippen LogP contribution >= 0.6 is 12.2 Å². The molecule has 9 heteroatoms. The molecule has 0 bridgehead atoms. The SMILES string of the molecule is COCCOC(=O)CCC(=O)NC(=S)Nc1ccc(NC(=O)C(C)C)cc1. The van der Waals surface area contributed by atoms with Gasteiger partial charge in [-0.1, -0.05) is 13.8 Å². The molecule has 0 saturated carbocycles. The summed E-state index contributed by atoms with van der Waals surface area (Å²) in [6.45, 7) is 4.09. The zero-order chi connectivity index (χ0) is 20.2. The highest BCUT2D eigenvalue weighted by Gasteiger charge is 2.10. The van der Waals surface area contributed by atoms with E-state index in [0.29, 0.717) is 18.0 Å². The lowest BCUT2D eigenvalue weighted by Crippen LogP contribution is -2.34. The third-order valence-electron chi connectivity index (χ3n) is 3.29. The van der Waals surface area contributed by atoms with Gasteiger partial charge in [-0.05, 0) is 36.5 Å². The monoisotopic (exact) mass is 395 g/mol. The van der Waals surface area contributed by atoms with Gasteiger partial charge in [-0.15, -0.1) is 0 Å². The minimum atomic E-state index is -0.472. The molecule has 0 saturated heterocycles. The van der Waals surface area contributed by atoms with Gasteiger partial charge in [0.25, 0.3) is 0 Å². The van der Waals surface area contributed by atoms with E-state index in [2.05, 4.69) is 16.0 Å². The van der Waals surface area contributed by atoms with E-state index < -0.39 is 11.9 Å². The van der Waals surface area contributed by atoms with Gasteiger partial charge in [-0.3, -0.25) is 14.4 Å². The minimum absolute atomic E-state index is 0.0339. The maximum Gasteiger partial charge on any atom is 0.306 e. The predicted octanol–water partition coefficient (Wildman–Crippen LogP) is 2.06. The van der Waals surface area contributed by atoms with Crippen LogP contribution in [0.4, 0.5) is 11.4 Å². The van der Waals surface area contributed by atoms with Crippen LogP contribution in [0.3, 0.4) is 0 Å². The van der Waals surface area contributed by atoms with E-state index in [1.54, 1.807) is 24.3 Å². The van der Waals surface area contributed by atoms with Crippen molar-refractivity contribution in [1.29, 1.82) is 0 Å². The van der Waals surface area contributed by atoms with Gasteiger partial charge in [-0.2, -0.15) is 0 Å². The number of ether oxygens (including phenoxy) is 2. The van der Waals surface area contributed by atoms with Gasteiger partial charge in [0.15, 0.2) is 5.11 Å². The molecule has 0 aliphatic rings. The molecular formula is C18H25N3O5S. The Labute approximate surface area is 164 Å². The first-order valence-electron chi connectivity index (χ1n) is 8.48. The quantitative estimate of drug-likeness (QED) is 0.334. The molecule has 2 amide bonds. The van der Waals surface area contributed by atoms with Crippen molar-refractivity contribution in [1.82, 2.24) is 5.32 Å². The molecule has 148 valence electrons. The molecule has 0 heterocycles. The van der Waals surface area contributed by atoms with Gasteiger partial charge in [-0.25, -0.2) is 0 Å². The molecular weight excluding hydrogens is 370 g/mol. The summed E-state index contributed by atoms with van der Waals surface area (Å²) in [7, 11) is 1.50.